The Labute approximate surface area is 154 Å². The van der Waals surface area contributed by atoms with Gasteiger partial charge in [-0.3, -0.25) is 14.5 Å². The van der Waals surface area contributed by atoms with Crippen LogP contribution in [0.15, 0.2) is 24.3 Å². The van der Waals surface area contributed by atoms with Crippen LogP contribution in [-0.4, -0.2) is 48.9 Å². The molecule has 2 unspecified atom stereocenters. The zero-order valence-corrected chi connectivity index (χ0v) is 15.5. The highest BCUT2D eigenvalue weighted by atomic mass is 35.5. The molecular formula is C19H26ClN3O2. The summed E-state index contributed by atoms with van der Waals surface area (Å²) in [4.78, 5) is 29.1. The lowest BCUT2D eigenvalue weighted by Gasteiger charge is -2.33. The van der Waals surface area contributed by atoms with Crippen LogP contribution in [0.25, 0.3) is 0 Å². The van der Waals surface area contributed by atoms with Crippen LogP contribution < -0.4 is 10.2 Å². The van der Waals surface area contributed by atoms with Crippen molar-refractivity contribution in [1.82, 2.24) is 10.2 Å². The molecule has 2 heterocycles. The average Bonchev–Trinajstić information content (AvgIpc) is 2.99. The van der Waals surface area contributed by atoms with Gasteiger partial charge < -0.3 is 10.2 Å². The van der Waals surface area contributed by atoms with Gasteiger partial charge in [-0.25, -0.2) is 0 Å². The minimum absolute atomic E-state index is 0.119. The van der Waals surface area contributed by atoms with Gasteiger partial charge >= 0.3 is 0 Å². The molecule has 0 spiro atoms. The van der Waals surface area contributed by atoms with Crippen LogP contribution in [0.2, 0.25) is 5.02 Å². The summed E-state index contributed by atoms with van der Waals surface area (Å²) in [6.45, 7) is 5.37. The fourth-order valence-corrected chi connectivity index (χ4v) is 3.86. The molecule has 2 aliphatic rings. The van der Waals surface area contributed by atoms with Crippen LogP contribution in [0.3, 0.4) is 0 Å². The van der Waals surface area contributed by atoms with E-state index >= 15 is 0 Å². The van der Waals surface area contributed by atoms with Crippen molar-refractivity contribution in [2.24, 2.45) is 5.92 Å². The van der Waals surface area contributed by atoms with Gasteiger partial charge in [0, 0.05) is 36.4 Å². The molecule has 2 amide bonds. The molecule has 0 bridgehead atoms. The third-order valence-corrected chi connectivity index (χ3v) is 5.55. The second-order valence-electron chi connectivity index (χ2n) is 6.98. The van der Waals surface area contributed by atoms with Crippen LogP contribution in [0, 0.1) is 5.92 Å². The summed E-state index contributed by atoms with van der Waals surface area (Å²) in [6, 6.07) is 7.74. The predicted octanol–water partition coefficient (Wildman–Crippen LogP) is 2.68. The quantitative estimate of drug-likeness (QED) is 0.818. The van der Waals surface area contributed by atoms with E-state index < -0.39 is 5.92 Å². The summed E-state index contributed by atoms with van der Waals surface area (Å²) in [5, 5.41) is 3.59. The molecule has 2 aliphatic heterocycles. The van der Waals surface area contributed by atoms with E-state index in [1.54, 1.807) is 17.0 Å². The van der Waals surface area contributed by atoms with Crippen LogP contribution in [0.5, 0.6) is 0 Å². The number of nitrogens with zero attached hydrogens (tertiary/aromatic N) is 2. The van der Waals surface area contributed by atoms with E-state index in [2.05, 4.69) is 17.1 Å². The summed E-state index contributed by atoms with van der Waals surface area (Å²) in [5.74, 6) is -0.841. The second-order valence-corrected chi connectivity index (χ2v) is 7.42. The Morgan fingerprint density at radius 2 is 1.96 bits per heavy atom. The molecule has 0 saturated carbocycles. The zero-order chi connectivity index (χ0) is 17.8. The van der Waals surface area contributed by atoms with Gasteiger partial charge in [0.25, 0.3) is 0 Å². The number of hydrogen-bond acceptors (Lipinski definition) is 3. The summed E-state index contributed by atoms with van der Waals surface area (Å²) >= 11 is 5.89. The van der Waals surface area contributed by atoms with Gasteiger partial charge in [0.2, 0.25) is 11.8 Å². The van der Waals surface area contributed by atoms with Crippen molar-refractivity contribution < 1.29 is 9.59 Å². The maximum atomic E-state index is 12.6. The summed E-state index contributed by atoms with van der Waals surface area (Å²) in [6.07, 6.45) is 4.31. The van der Waals surface area contributed by atoms with Crippen LogP contribution in [0.4, 0.5) is 5.69 Å². The van der Waals surface area contributed by atoms with Crippen molar-refractivity contribution >= 4 is 29.1 Å². The Balaban J connectivity index is 1.49. The SMILES string of the molecule is CC1CCCCN1CCNC(=O)C1CCN(c2ccc(Cl)cc2)C1=O. The Morgan fingerprint density at radius 3 is 2.68 bits per heavy atom. The van der Waals surface area contributed by atoms with Crippen molar-refractivity contribution in [2.75, 3.05) is 31.1 Å². The number of benzene rings is 1. The van der Waals surface area contributed by atoms with Gasteiger partial charge in [-0.05, 0) is 57.0 Å². The van der Waals surface area contributed by atoms with Crippen LogP contribution in [0.1, 0.15) is 32.6 Å². The smallest absolute Gasteiger partial charge is 0.239 e. The summed E-state index contributed by atoms with van der Waals surface area (Å²) < 4.78 is 0. The molecule has 0 radical (unpaired) electrons. The number of nitrogens with one attached hydrogen (secondary N) is 1. The predicted molar refractivity (Wildman–Crippen MR) is 99.8 cm³/mol. The molecule has 6 heteroatoms. The van der Waals surface area contributed by atoms with Gasteiger partial charge in [-0.2, -0.15) is 0 Å². The monoisotopic (exact) mass is 363 g/mol. The largest absolute Gasteiger partial charge is 0.354 e. The molecule has 2 fully saturated rings. The van der Waals surface area contributed by atoms with Gasteiger partial charge in [0.1, 0.15) is 5.92 Å². The fourth-order valence-electron chi connectivity index (χ4n) is 3.74. The highest BCUT2D eigenvalue weighted by molar-refractivity contribution is 6.30. The molecule has 25 heavy (non-hydrogen) atoms. The lowest BCUT2D eigenvalue weighted by Crippen LogP contribution is -2.44. The standard InChI is InChI=1S/C19H26ClN3O2/c1-14-4-2-3-11-22(14)13-10-21-18(24)17-9-12-23(19(17)25)16-7-5-15(20)6-8-16/h5-8,14,17H,2-4,9-13H2,1H3,(H,21,24). The number of rotatable bonds is 5. The van der Waals surface area contributed by atoms with E-state index in [-0.39, 0.29) is 11.8 Å². The summed E-state index contributed by atoms with van der Waals surface area (Å²) in [5.41, 5.74) is 0.798. The molecule has 3 rings (SSSR count). The normalized spacial score (nSPS) is 24.6. The van der Waals surface area contributed by atoms with E-state index in [1.807, 2.05) is 12.1 Å². The molecule has 2 atom stereocenters. The van der Waals surface area contributed by atoms with Gasteiger partial charge in [-0.15, -0.1) is 0 Å². The number of piperidine rings is 1. The number of likely N-dealkylation sites (tertiary alicyclic amines) is 1. The van der Waals surface area contributed by atoms with Crippen LogP contribution >= 0.6 is 11.6 Å². The first kappa shape index (κ1) is 18.2. The first-order chi connectivity index (χ1) is 12.1. The number of hydrogen-bond donors (Lipinski definition) is 1. The van der Waals surface area contributed by atoms with Gasteiger partial charge in [-0.1, -0.05) is 18.0 Å². The Hall–Kier alpha value is -1.59. The lowest BCUT2D eigenvalue weighted by molar-refractivity contribution is -0.132. The van der Waals surface area contributed by atoms with Crippen molar-refractivity contribution in [3.05, 3.63) is 29.3 Å². The van der Waals surface area contributed by atoms with Gasteiger partial charge in [0.05, 0.1) is 0 Å². The van der Waals surface area contributed by atoms with Gasteiger partial charge in [0.15, 0.2) is 0 Å². The second kappa shape index (κ2) is 8.19. The van der Waals surface area contributed by atoms with Crippen molar-refractivity contribution in [1.29, 1.82) is 0 Å². The van der Waals surface area contributed by atoms with Crippen molar-refractivity contribution in [3.63, 3.8) is 0 Å². The maximum Gasteiger partial charge on any atom is 0.239 e. The molecular weight excluding hydrogens is 338 g/mol. The minimum atomic E-state index is -0.575. The van der Waals surface area contributed by atoms with E-state index in [9.17, 15) is 9.59 Å². The molecule has 5 nitrogen and oxygen atoms in total. The molecule has 136 valence electrons. The number of halogens is 1. The Kier molecular flexibility index (Phi) is 5.97. The van der Waals surface area contributed by atoms with E-state index in [1.165, 1.54) is 19.3 Å². The number of anilines is 1. The minimum Gasteiger partial charge on any atom is -0.354 e. The lowest BCUT2D eigenvalue weighted by atomic mass is 10.0. The number of carbonyl (C=O) groups is 2. The van der Waals surface area contributed by atoms with E-state index in [0.717, 1.165) is 18.8 Å². The Morgan fingerprint density at radius 1 is 1.20 bits per heavy atom. The first-order valence-corrected chi connectivity index (χ1v) is 9.53. The third-order valence-electron chi connectivity index (χ3n) is 5.30. The number of carbonyl (C=O) groups excluding carboxylic acids is 2. The molecule has 1 N–H and O–H groups in total. The topological polar surface area (TPSA) is 52.7 Å². The molecule has 1 aromatic rings. The molecule has 2 saturated heterocycles. The van der Waals surface area contributed by atoms with Crippen LogP contribution in [-0.2, 0) is 9.59 Å². The summed E-state index contributed by atoms with van der Waals surface area (Å²) in [7, 11) is 0. The average molecular weight is 364 g/mol. The highest BCUT2D eigenvalue weighted by Crippen LogP contribution is 2.26. The van der Waals surface area contributed by atoms with Crippen molar-refractivity contribution in [2.45, 2.75) is 38.6 Å². The maximum absolute atomic E-state index is 12.6. The third kappa shape index (κ3) is 4.33. The first-order valence-electron chi connectivity index (χ1n) is 9.15. The van der Waals surface area contributed by atoms with E-state index in [0.29, 0.717) is 30.6 Å². The Bertz CT molecular complexity index is 620. The zero-order valence-electron chi connectivity index (χ0n) is 14.7. The molecule has 1 aromatic carbocycles. The van der Waals surface area contributed by atoms with E-state index in [4.69, 9.17) is 11.6 Å². The fraction of sp³-hybridized carbons (Fsp3) is 0.579. The number of amides is 2. The molecule has 0 aromatic heterocycles. The molecule has 0 aliphatic carbocycles. The van der Waals surface area contributed by atoms with Crippen molar-refractivity contribution in [3.8, 4) is 0 Å². The highest BCUT2D eigenvalue weighted by Gasteiger charge is 2.37.